The van der Waals surface area contributed by atoms with Gasteiger partial charge in [0.05, 0.1) is 25.0 Å². The van der Waals surface area contributed by atoms with Gasteiger partial charge in [0.15, 0.2) is 11.5 Å². The number of para-hydroxylation sites is 1. The van der Waals surface area contributed by atoms with Crippen molar-refractivity contribution in [2.24, 2.45) is 0 Å². The molecule has 0 aliphatic heterocycles. The van der Waals surface area contributed by atoms with Crippen molar-refractivity contribution in [1.82, 2.24) is 0 Å². The lowest BCUT2D eigenvalue weighted by atomic mass is 10.1. The summed E-state index contributed by atoms with van der Waals surface area (Å²) in [5.41, 5.74) is -1.83. The Bertz CT molecular complexity index is 1490. The van der Waals surface area contributed by atoms with Gasteiger partial charge in [-0.15, -0.1) is 0 Å². The zero-order chi connectivity index (χ0) is 27.9. The monoisotopic (exact) mass is 546 g/mol. The minimum Gasteiger partial charge on any atom is -0.497 e. The number of anilines is 1. The molecule has 0 aliphatic rings. The fourth-order valence-electron chi connectivity index (χ4n) is 3.20. The summed E-state index contributed by atoms with van der Waals surface area (Å²) in [6, 6.07) is 15.5. The van der Waals surface area contributed by atoms with Crippen molar-refractivity contribution in [1.29, 1.82) is 5.26 Å². The summed E-state index contributed by atoms with van der Waals surface area (Å²) < 4.78 is 80.9. The standard InChI is InChI=1S/C26H21F3N2O6S/c1-3-36-24-15-17(8-13-23(24)37-38(33,34)20-11-9-19(35-2)10-12-20)14-18(16-30)25(32)31-22-7-5-4-6-21(22)26(27,28)29/h4-15H,3H2,1-2H3,(H,31,32)/b18-14+. The SMILES string of the molecule is CCOc1cc(/C=C(\C#N)C(=O)Nc2ccccc2C(F)(F)F)ccc1OS(=O)(=O)c1ccc(OC)cc1. The smallest absolute Gasteiger partial charge is 0.418 e. The van der Waals surface area contributed by atoms with Gasteiger partial charge in [-0.2, -0.15) is 26.9 Å². The molecule has 0 heterocycles. The van der Waals surface area contributed by atoms with E-state index in [1.807, 2.05) is 0 Å². The number of ether oxygens (including phenoxy) is 2. The molecule has 3 rings (SSSR count). The number of amides is 1. The normalized spacial score (nSPS) is 11.8. The van der Waals surface area contributed by atoms with Crippen LogP contribution in [0.1, 0.15) is 18.1 Å². The Morgan fingerprint density at radius 2 is 1.74 bits per heavy atom. The van der Waals surface area contributed by atoms with Crippen LogP contribution in [0.2, 0.25) is 0 Å². The second-order valence-electron chi connectivity index (χ2n) is 7.52. The summed E-state index contributed by atoms with van der Waals surface area (Å²) in [7, 11) is -2.81. The summed E-state index contributed by atoms with van der Waals surface area (Å²) in [6.07, 6.45) is -3.59. The lowest BCUT2D eigenvalue weighted by Crippen LogP contribution is -2.17. The number of rotatable bonds is 9. The van der Waals surface area contributed by atoms with Gasteiger partial charge in [-0.25, -0.2) is 0 Å². The largest absolute Gasteiger partial charge is 0.497 e. The molecule has 0 unspecified atom stereocenters. The van der Waals surface area contributed by atoms with Crippen LogP contribution >= 0.6 is 0 Å². The van der Waals surface area contributed by atoms with Crippen molar-refractivity contribution >= 4 is 27.8 Å². The first kappa shape index (κ1) is 28.1. The quantitative estimate of drug-likeness (QED) is 0.216. The first-order valence-electron chi connectivity index (χ1n) is 10.9. The Labute approximate surface area is 217 Å². The molecule has 0 saturated heterocycles. The molecule has 0 aliphatic carbocycles. The van der Waals surface area contributed by atoms with Crippen LogP contribution < -0.4 is 19.0 Å². The highest BCUT2D eigenvalue weighted by molar-refractivity contribution is 7.87. The third kappa shape index (κ3) is 6.83. The van der Waals surface area contributed by atoms with Crippen LogP contribution in [0.5, 0.6) is 17.2 Å². The summed E-state index contributed by atoms with van der Waals surface area (Å²) in [5.74, 6) is -0.765. The van der Waals surface area contributed by atoms with Gasteiger partial charge < -0.3 is 19.0 Å². The predicted octanol–water partition coefficient (Wildman–Crippen LogP) is 5.43. The molecule has 0 saturated carbocycles. The number of carbonyl (C=O) groups excluding carboxylic acids is 1. The van der Waals surface area contributed by atoms with E-state index < -0.39 is 39.0 Å². The Balaban J connectivity index is 1.89. The zero-order valence-corrected chi connectivity index (χ0v) is 20.9. The number of hydrogen-bond acceptors (Lipinski definition) is 7. The Morgan fingerprint density at radius 3 is 2.34 bits per heavy atom. The number of benzene rings is 3. The Hall–Kier alpha value is -4.50. The highest BCUT2D eigenvalue weighted by atomic mass is 32.2. The molecule has 0 bridgehead atoms. The van der Waals surface area contributed by atoms with Gasteiger partial charge in [-0.1, -0.05) is 18.2 Å². The number of nitrogens with one attached hydrogen (secondary N) is 1. The number of nitrogens with zero attached hydrogens (tertiary/aromatic N) is 1. The lowest BCUT2D eigenvalue weighted by molar-refractivity contribution is -0.137. The van der Waals surface area contributed by atoms with E-state index in [2.05, 4.69) is 5.32 Å². The molecule has 0 spiro atoms. The molecule has 8 nitrogen and oxygen atoms in total. The highest BCUT2D eigenvalue weighted by Crippen LogP contribution is 2.35. The molecule has 0 atom stereocenters. The van der Waals surface area contributed by atoms with Gasteiger partial charge >= 0.3 is 16.3 Å². The summed E-state index contributed by atoms with van der Waals surface area (Å²) in [5, 5.41) is 11.6. The number of halogens is 3. The van der Waals surface area contributed by atoms with Crippen LogP contribution in [0.4, 0.5) is 18.9 Å². The molecule has 0 radical (unpaired) electrons. The molecule has 1 N–H and O–H groups in total. The molecular formula is C26H21F3N2O6S. The summed E-state index contributed by atoms with van der Waals surface area (Å²) in [6.45, 7) is 1.78. The fraction of sp³-hybridized carbons (Fsp3) is 0.154. The van der Waals surface area contributed by atoms with Crippen molar-refractivity contribution in [3.05, 3.63) is 83.4 Å². The van der Waals surface area contributed by atoms with Gasteiger partial charge in [0, 0.05) is 0 Å². The first-order chi connectivity index (χ1) is 18.0. The molecule has 0 aromatic heterocycles. The average Bonchev–Trinajstić information content (AvgIpc) is 2.88. The topological polar surface area (TPSA) is 115 Å². The highest BCUT2D eigenvalue weighted by Gasteiger charge is 2.33. The van der Waals surface area contributed by atoms with Crippen molar-refractivity contribution in [2.45, 2.75) is 18.0 Å². The van der Waals surface area contributed by atoms with Crippen molar-refractivity contribution < 1.29 is 40.0 Å². The first-order valence-corrected chi connectivity index (χ1v) is 12.3. The summed E-state index contributed by atoms with van der Waals surface area (Å²) in [4.78, 5) is 12.4. The van der Waals surface area contributed by atoms with Crippen LogP contribution in [-0.2, 0) is 21.1 Å². The van der Waals surface area contributed by atoms with Crippen molar-refractivity contribution in [3.8, 4) is 23.3 Å². The molecule has 1 amide bonds. The molecule has 38 heavy (non-hydrogen) atoms. The Kier molecular flexibility index (Phi) is 8.64. The molecule has 3 aromatic carbocycles. The van der Waals surface area contributed by atoms with Gasteiger partial charge in [0.25, 0.3) is 5.91 Å². The van der Waals surface area contributed by atoms with Crippen molar-refractivity contribution in [2.75, 3.05) is 19.0 Å². The summed E-state index contributed by atoms with van der Waals surface area (Å²) >= 11 is 0. The maximum Gasteiger partial charge on any atom is 0.418 e. The second-order valence-corrected chi connectivity index (χ2v) is 9.07. The minimum atomic E-state index is -4.71. The molecule has 198 valence electrons. The number of alkyl halides is 3. The molecule has 0 fully saturated rings. The molecule has 12 heteroatoms. The number of carbonyl (C=O) groups is 1. The minimum absolute atomic E-state index is 0.00143. The predicted molar refractivity (Wildman–Crippen MR) is 132 cm³/mol. The van der Waals surface area contributed by atoms with Crippen LogP contribution in [0.25, 0.3) is 6.08 Å². The van der Waals surface area contributed by atoms with E-state index in [4.69, 9.17) is 13.7 Å². The maximum atomic E-state index is 13.2. The van der Waals surface area contributed by atoms with Gasteiger partial charge in [0.2, 0.25) is 0 Å². The van der Waals surface area contributed by atoms with Gasteiger partial charge in [-0.05, 0) is 67.1 Å². The molecular weight excluding hydrogens is 525 g/mol. The Morgan fingerprint density at radius 1 is 1.05 bits per heavy atom. The van der Waals surface area contributed by atoms with Crippen molar-refractivity contribution in [3.63, 3.8) is 0 Å². The third-order valence-corrected chi connectivity index (χ3v) is 6.22. The number of nitriles is 1. The van der Waals surface area contributed by atoms with Gasteiger partial charge in [0.1, 0.15) is 22.3 Å². The fourth-order valence-corrected chi connectivity index (χ4v) is 4.14. The van der Waals surface area contributed by atoms with E-state index in [-0.39, 0.29) is 28.6 Å². The number of methoxy groups -OCH3 is 1. The van der Waals surface area contributed by atoms with E-state index in [0.717, 1.165) is 18.2 Å². The zero-order valence-electron chi connectivity index (χ0n) is 20.1. The van der Waals surface area contributed by atoms with E-state index >= 15 is 0 Å². The van der Waals surface area contributed by atoms with Crippen LogP contribution in [0.3, 0.4) is 0 Å². The van der Waals surface area contributed by atoms with E-state index in [1.165, 1.54) is 61.7 Å². The average molecular weight is 547 g/mol. The van der Waals surface area contributed by atoms with E-state index in [0.29, 0.717) is 5.75 Å². The number of hydrogen-bond donors (Lipinski definition) is 1. The third-order valence-electron chi connectivity index (χ3n) is 4.97. The van der Waals surface area contributed by atoms with Gasteiger partial charge in [-0.3, -0.25) is 4.79 Å². The second kappa shape index (κ2) is 11.7. The lowest BCUT2D eigenvalue weighted by Gasteiger charge is -2.14. The van der Waals surface area contributed by atoms with E-state index in [1.54, 1.807) is 13.0 Å². The molecule has 3 aromatic rings. The van der Waals surface area contributed by atoms with Crippen LogP contribution in [0.15, 0.2) is 77.2 Å². The van der Waals surface area contributed by atoms with Crippen LogP contribution in [0, 0.1) is 11.3 Å². The van der Waals surface area contributed by atoms with E-state index in [9.17, 15) is 31.6 Å². The maximum absolute atomic E-state index is 13.2. The van der Waals surface area contributed by atoms with Crippen LogP contribution in [-0.4, -0.2) is 28.0 Å².